The topological polar surface area (TPSA) is 67.3 Å². The summed E-state index contributed by atoms with van der Waals surface area (Å²) in [5.74, 6) is 1.31. The fourth-order valence-electron chi connectivity index (χ4n) is 2.25. The molecule has 1 heterocycles. The number of carbonyl (C=O) groups is 1. The summed E-state index contributed by atoms with van der Waals surface area (Å²) in [4.78, 5) is 22.0. The van der Waals surface area contributed by atoms with Gasteiger partial charge in [-0.05, 0) is 29.8 Å². The van der Waals surface area contributed by atoms with E-state index in [2.05, 4.69) is 15.3 Å². The molecule has 128 valence electrons. The number of rotatable bonds is 6. The second-order valence-corrected chi connectivity index (χ2v) is 5.82. The third kappa shape index (κ3) is 4.44. The Morgan fingerprint density at radius 1 is 1.12 bits per heavy atom. The molecule has 0 saturated heterocycles. The van der Waals surface area contributed by atoms with Gasteiger partial charge < -0.3 is 15.0 Å². The van der Waals surface area contributed by atoms with Crippen LogP contribution in [0.25, 0.3) is 11.0 Å². The van der Waals surface area contributed by atoms with Crippen molar-refractivity contribution >= 4 is 22.8 Å². The van der Waals surface area contributed by atoms with Gasteiger partial charge in [-0.25, -0.2) is 4.98 Å². The number of hydrogen-bond donors (Lipinski definition) is 1. The van der Waals surface area contributed by atoms with Gasteiger partial charge in [0.15, 0.2) is 6.61 Å². The van der Waals surface area contributed by atoms with E-state index in [1.807, 2.05) is 48.5 Å². The number of aromatic nitrogens is 2. The first-order valence-electron chi connectivity index (χ1n) is 7.99. The Kier molecular flexibility index (Phi) is 5.09. The lowest BCUT2D eigenvalue weighted by molar-refractivity contribution is -0.130. The number of nitrogens with zero attached hydrogens (tertiary/aromatic N) is 3. The van der Waals surface area contributed by atoms with E-state index in [0.717, 1.165) is 16.6 Å². The number of carbonyl (C=O) groups excluding carboxylic acids is 1. The van der Waals surface area contributed by atoms with Crippen LogP contribution in [0.3, 0.4) is 0 Å². The first-order chi connectivity index (χ1) is 12.1. The summed E-state index contributed by atoms with van der Waals surface area (Å²) in [5.41, 5.74) is 2.76. The summed E-state index contributed by atoms with van der Waals surface area (Å²) >= 11 is 0. The molecule has 0 bridgehead atoms. The van der Waals surface area contributed by atoms with Crippen LogP contribution in [0, 0.1) is 0 Å². The van der Waals surface area contributed by atoms with Crippen LogP contribution in [-0.2, 0) is 11.3 Å². The molecule has 0 aliphatic rings. The molecule has 25 heavy (non-hydrogen) atoms. The molecule has 0 saturated carbocycles. The highest BCUT2D eigenvalue weighted by molar-refractivity contribution is 5.77. The normalized spacial score (nSPS) is 10.5. The van der Waals surface area contributed by atoms with Crippen molar-refractivity contribution in [2.24, 2.45) is 0 Å². The van der Waals surface area contributed by atoms with Gasteiger partial charge in [0.05, 0.1) is 17.2 Å². The predicted octanol–water partition coefficient (Wildman–Crippen LogP) is 2.71. The minimum Gasteiger partial charge on any atom is -0.484 e. The molecule has 1 aromatic heterocycles. The molecule has 0 unspecified atom stereocenters. The average Bonchev–Trinajstić information content (AvgIpc) is 2.64. The van der Waals surface area contributed by atoms with Gasteiger partial charge in [-0.2, -0.15) is 0 Å². The molecular weight excluding hydrogens is 316 g/mol. The number of benzene rings is 2. The predicted molar refractivity (Wildman–Crippen MR) is 97.5 cm³/mol. The number of fused-ring (bicyclic) bond motifs is 1. The van der Waals surface area contributed by atoms with Gasteiger partial charge in [-0.15, -0.1) is 0 Å². The maximum atomic E-state index is 11.6. The van der Waals surface area contributed by atoms with Crippen molar-refractivity contribution in [3.05, 3.63) is 60.3 Å². The highest BCUT2D eigenvalue weighted by Crippen LogP contribution is 2.16. The van der Waals surface area contributed by atoms with E-state index in [-0.39, 0.29) is 12.5 Å². The summed E-state index contributed by atoms with van der Waals surface area (Å²) < 4.78 is 5.53. The van der Waals surface area contributed by atoms with Crippen LogP contribution in [0.15, 0.2) is 54.7 Å². The van der Waals surface area contributed by atoms with Crippen LogP contribution in [0.2, 0.25) is 0 Å². The fourth-order valence-corrected chi connectivity index (χ4v) is 2.25. The molecule has 0 spiro atoms. The van der Waals surface area contributed by atoms with Crippen LogP contribution in [0.5, 0.6) is 5.75 Å². The summed E-state index contributed by atoms with van der Waals surface area (Å²) in [7, 11) is 3.41. The monoisotopic (exact) mass is 336 g/mol. The van der Waals surface area contributed by atoms with Crippen molar-refractivity contribution in [2.75, 3.05) is 26.0 Å². The Morgan fingerprint density at radius 3 is 2.72 bits per heavy atom. The standard InChI is InChI=1S/C19H20N4O2/c1-23(2)19(24)13-25-15-7-5-6-14(10-15)11-21-18-12-20-16-8-3-4-9-17(16)22-18/h3-10,12H,11,13H2,1-2H3,(H,21,22). The Balaban J connectivity index is 1.62. The molecule has 3 aromatic rings. The zero-order valence-electron chi connectivity index (χ0n) is 14.3. The van der Waals surface area contributed by atoms with E-state index in [1.54, 1.807) is 20.3 Å². The van der Waals surface area contributed by atoms with E-state index in [4.69, 9.17) is 4.74 Å². The fraction of sp³-hybridized carbons (Fsp3) is 0.211. The summed E-state index contributed by atoms with van der Waals surface area (Å²) in [6.45, 7) is 0.617. The molecule has 0 fully saturated rings. The molecule has 2 aromatic carbocycles. The Bertz CT molecular complexity index is 880. The Hall–Kier alpha value is -3.15. The van der Waals surface area contributed by atoms with Gasteiger partial charge in [0, 0.05) is 20.6 Å². The van der Waals surface area contributed by atoms with Crippen LogP contribution >= 0.6 is 0 Å². The van der Waals surface area contributed by atoms with Crippen molar-refractivity contribution in [1.82, 2.24) is 14.9 Å². The summed E-state index contributed by atoms with van der Waals surface area (Å²) in [6, 6.07) is 15.4. The first-order valence-corrected chi connectivity index (χ1v) is 7.99. The van der Waals surface area contributed by atoms with Gasteiger partial charge in [0.2, 0.25) is 0 Å². The molecule has 6 heteroatoms. The number of hydrogen-bond acceptors (Lipinski definition) is 5. The minimum atomic E-state index is -0.0741. The molecular formula is C19H20N4O2. The second kappa shape index (κ2) is 7.61. The quantitative estimate of drug-likeness (QED) is 0.750. The molecule has 1 amide bonds. The van der Waals surface area contributed by atoms with Gasteiger partial charge in [0.25, 0.3) is 5.91 Å². The third-order valence-corrected chi connectivity index (χ3v) is 3.68. The number of nitrogens with one attached hydrogen (secondary N) is 1. The van der Waals surface area contributed by atoms with Crippen LogP contribution in [-0.4, -0.2) is 41.5 Å². The lowest BCUT2D eigenvalue weighted by atomic mass is 10.2. The number of amides is 1. The largest absolute Gasteiger partial charge is 0.484 e. The third-order valence-electron chi connectivity index (χ3n) is 3.68. The van der Waals surface area contributed by atoms with Gasteiger partial charge in [0.1, 0.15) is 11.6 Å². The second-order valence-electron chi connectivity index (χ2n) is 5.82. The van der Waals surface area contributed by atoms with Crippen molar-refractivity contribution in [3.8, 4) is 5.75 Å². The molecule has 0 aliphatic carbocycles. The van der Waals surface area contributed by atoms with E-state index >= 15 is 0 Å². The highest BCUT2D eigenvalue weighted by Gasteiger charge is 2.05. The molecule has 0 atom stereocenters. The van der Waals surface area contributed by atoms with Gasteiger partial charge in [-0.1, -0.05) is 24.3 Å². The highest BCUT2D eigenvalue weighted by atomic mass is 16.5. The molecule has 6 nitrogen and oxygen atoms in total. The van der Waals surface area contributed by atoms with Crippen LogP contribution < -0.4 is 10.1 Å². The molecule has 0 aliphatic heterocycles. The lowest BCUT2D eigenvalue weighted by Crippen LogP contribution is -2.27. The van der Waals surface area contributed by atoms with E-state index in [1.165, 1.54) is 4.90 Å². The Morgan fingerprint density at radius 2 is 1.92 bits per heavy atom. The smallest absolute Gasteiger partial charge is 0.259 e. The molecule has 0 radical (unpaired) electrons. The zero-order valence-corrected chi connectivity index (χ0v) is 14.3. The van der Waals surface area contributed by atoms with Crippen molar-refractivity contribution in [3.63, 3.8) is 0 Å². The molecule has 3 rings (SSSR count). The number of para-hydroxylation sites is 2. The van der Waals surface area contributed by atoms with Crippen LogP contribution in [0.4, 0.5) is 5.82 Å². The van der Waals surface area contributed by atoms with Gasteiger partial charge >= 0.3 is 0 Å². The number of anilines is 1. The first kappa shape index (κ1) is 16.7. The lowest BCUT2D eigenvalue weighted by Gasteiger charge is -2.12. The minimum absolute atomic E-state index is 0.0278. The molecule has 1 N–H and O–H groups in total. The Labute approximate surface area is 146 Å². The van der Waals surface area contributed by atoms with E-state index in [0.29, 0.717) is 18.1 Å². The van der Waals surface area contributed by atoms with Gasteiger partial charge in [-0.3, -0.25) is 9.78 Å². The average molecular weight is 336 g/mol. The number of ether oxygens (including phenoxy) is 1. The van der Waals surface area contributed by atoms with Crippen molar-refractivity contribution in [2.45, 2.75) is 6.54 Å². The van der Waals surface area contributed by atoms with Crippen molar-refractivity contribution in [1.29, 1.82) is 0 Å². The van der Waals surface area contributed by atoms with E-state index in [9.17, 15) is 4.79 Å². The number of likely N-dealkylation sites (N-methyl/N-ethyl adjacent to an activating group) is 1. The summed E-state index contributed by atoms with van der Waals surface area (Å²) in [6.07, 6.45) is 1.72. The summed E-state index contributed by atoms with van der Waals surface area (Å²) in [5, 5.41) is 3.26. The SMILES string of the molecule is CN(C)C(=O)COc1cccc(CNc2cnc3ccccc3n2)c1. The zero-order chi connectivity index (χ0) is 17.6. The van der Waals surface area contributed by atoms with Crippen molar-refractivity contribution < 1.29 is 9.53 Å². The maximum absolute atomic E-state index is 11.6. The van der Waals surface area contributed by atoms with Crippen LogP contribution in [0.1, 0.15) is 5.56 Å². The maximum Gasteiger partial charge on any atom is 0.259 e. The van der Waals surface area contributed by atoms with E-state index < -0.39 is 0 Å².